The van der Waals surface area contributed by atoms with Crippen molar-refractivity contribution in [2.24, 2.45) is 0 Å². The highest BCUT2D eigenvalue weighted by Crippen LogP contribution is 2.26. The second kappa shape index (κ2) is 14.5. The Morgan fingerprint density at radius 2 is 1.42 bits per heavy atom. The molecule has 0 unspecified atom stereocenters. The third kappa shape index (κ3) is 8.16. The van der Waals surface area contributed by atoms with Gasteiger partial charge in [0.15, 0.2) is 0 Å². The molecule has 0 aromatic heterocycles. The van der Waals surface area contributed by atoms with Crippen LogP contribution in [0.2, 0.25) is 0 Å². The molecule has 5 rings (SSSR count). The molecule has 1 atom stereocenters. The third-order valence-electron chi connectivity index (χ3n) is 8.17. The van der Waals surface area contributed by atoms with E-state index in [1.807, 2.05) is 61.5 Å². The Morgan fingerprint density at radius 1 is 0.822 bits per heavy atom. The van der Waals surface area contributed by atoms with Gasteiger partial charge in [-0.15, -0.1) is 0 Å². The highest BCUT2D eigenvalue weighted by Gasteiger charge is 2.35. The summed E-state index contributed by atoms with van der Waals surface area (Å²) < 4.78 is 42.9. The Labute approximate surface area is 264 Å². The van der Waals surface area contributed by atoms with Crippen LogP contribution in [0.5, 0.6) is 0 Å². The Balaban J connectivity index is 1.55. The summed E-state index contributed by atoms with van der Waals surface area (Å²) in [5.41, 5.74) is 2.87. The molecule has 1 fully saturated rings. The van der Waals surface area contributed by atoms with E-state index < -0.39 is 34.3 Å². The third-order valence-corrected chi connectivity index (χ3v) is 9.96. The molecule has 1 N–H and O–H groups in total. The molecule has 45 heavy (non-hydrogen) atoms. The molecular formula is C36H38FN3O4S. The number of carbonyl (C=O) groups is 2. The smallest absolute Gasteiger partial charge is 0.264 e. The summed E-state index contributed by atoms with van der Waals surface area (Å²) in [6.07, 6.45) is 4.07. The lowest BCUT2D eigenvalue weighted by molar-refractivity contribution is -0.140. The topological polar surface area (TPSA) is 86.8 Å². The number of hydrogen-bond acceptors (Lipinski definition) is 4. The van der Waals surface area contributed by atoms with Crippen molar-refractivity contribution in [3.8, 4) is 0 Å². The molecule has 1 aliphatic rings. The molecule has 4 aromatic carbocycles. The first-order valence-corrected chi connectivity index (χ1v) is 16.7. The predicted molar refractivity (Wildman–Crippen MR) is 173 cm³/mol. The maximum absolute atomic E-state index is 14.5. The monoisotopic (exact) mass is 627 g/mol. The summed E-state index contributed by atoms with van der Waals surface area (Å²) in [7, 11) is -4.23. The van der Waals surface area contributed by atoms with Crippen LogP contribution in [-0.4, -0.2) is 43.8 Å². The number of nitrogens with one attached hydrogen (secondary N) is 1. The lowest BCUT2D eigenvalue weighted by atomic mass is 10.0. The maximum Gasteiger partial charge on any atom is 0.264 e. The summed E-state index contributed by atoms with van der Waals surface area (Å²) in [5, 5.41) is 3.17. The SMILES string of the molecule is Cc1ccc(CN(C(=O)CN(c2ccc(F)cc2)S(=O)(=O)c2ccccc2)[C@@H](Cc2ccccc2)C(=O)NC2CCCC2)cc1. The molecule has 1 saturated carbocycles. The fourth-order valence-electron chi connectivity index (χ4n) is 5.67. The lowest BCUT2D eigenvalue weighted by Gasteiger charge is -2.34. The summed E-state index contributed by atoms with van der Waals surface area (Å²) in [4.78, 5) is 30.0. The van der Waals surface area contributed by atoms with E-state index >= 15 is 0 Å². The molecule has 2 amide bonds. The number of benzene rings is 4. The first kappa shape index (κ1) is 31.9. The molecule has 0 aliphatic heterocycles. The number of rotatable bonds is 12. The van der Waals surface area contributed by atoms with Crippen molar-refractivity contribution >= 4 is 27.5 Å². The number of halogens is 1. The van der Waals surface area contributed by atoms with Gasteiger partial charge in [-0.1, -0.05) is 91.2 Å². The average molecular weight is 628 g/mol. The first-order valence-electron chi connectivity index (χ1n) is 15.2. The zero-order chi connectivity index (χ0) is 31.8. The number of hydrogen-bond donors (Lipinski definition) is 1. The van der Waals surface area contributed by atoms with Crippen LogP contribution >= 0.6 is 0 Å². The summed E-state index contributed by atoms with van der Waals surface area (Å²) in [5.74, 6) is -1.36. The molecule has 0 saturated heterocycles. The van der Waals surface area contributed by atoms with Gasteiger partial charge in [-0.05, 0) is 67.3 Å². The quantitative estimate of drug-likeness (QED) is 0.208. The maximum atomic E-state index is 14.5. The molecule has 234 valence electrons. The lowest BCUT2D eigenvalue weighted by Crippen LogP contribution is -2.54. The Kier molecular flexibility index (Phi) is 10.3. The molecule has 7 nitrogen and oxygen atoms in total. The van der Waals surface area contributed by atoms with Crippen LogP contribution < -0.4 is 9.62 Å². The molecule has 1 aliphatic carbocycles. The Bertz CT molecular complexity index is 1680. The molecule has 0 spiro atoms. The highest BCUT2D eigenvalue weighted by molar-refractivity contribution is 7.92. The van der Waals surface area contributed by atoms with Gasteiger partial charge >= 0.3 is 0 Å². The van der Waals surface area contributed by atoms with Crippen molar-refractivity contribution in [3.63, 3.8) is 0 Å². The van der Waals surface area contributed by atoms with Crippen molar-refractivity contribution in [1.82, 2.24) is 10.2 Å². The summed E-state index contributed by atoms with van der Waals surface area (Å²) in [6, 6.07) is 29.1. The van der Waals surface area contributed by atoms with Crippen molar-refractivity contribution in [2.75, 3.05) is 10.8 Å². The fraction of sp³-hybridized carbons (Fsp3) is 0.278. The van der Waals surface area contributed by atoms with E-state index in [1.54, 1.807) is 18.2 Å². The van der Waals surface area contributed by atoms with Crippen LogP contribution in [0, 0.1) is 12.7 Å². The number of carbonyl (C=O) groups excluding carboxylic acids is 2. The van der Waals surface area contributed by atoms with Gasteiger partial charge < -0.3 is 10.2 Å². The van der Waals surface area contributed by atoms with E-state index in [9.17, 15) is 22.4 Å². The molecule has 0 heterocycles. The highest BCUT2D eigenvalue weighted by atomic mass is 32.2. The molecule has 0 bridgehead atoms. The average Bonchev–Trinajstić information content (AvgIpc) is 3.57. The van der Waals surface area contributed by atoms with Gasteiger partial charge in [0, 0.05) is 19.0 Å². The van der Waals surface area contributed by atoms with Gasteiger partial charge in [0.2, 0.25) is 11.8 Å². The van der Waals surface area contributed by atoms with E-state index in [1.165, 1.54) is 29.2 Å². The van der Waals surface area contributed by atoms with Crippen molar-refractivity contribution in [2.45, 2.75) is 62.6 Å². The number of sulfonamides is 1. The van der Waals surface area contributed by atoms with Crippen LogP contribution in [-0.2, 0) is 32.6 Å². The summed E-state index contributed by atoms with van der Waals surface area (Å²) >= 11 is 0. The van der Waals surface area contributed by atoms with E-state index in [4.69, 9.17) is 0 Å². The van der Waals surface area contributed by atoms with Crippen molar-refractivity contribution in [1.29, 1.82) is 0 Å². The first-order chi connectivity index (χ1) is 21.7. The molecular weight excluding hydrogens is 589 g/mol. The molecule has 0 radical (unpaired) electrons. The van der Waals surface area contributed by atoms with Crippen LogP contribution in [0.4, 0.5) is 10.1 Å². The summed E-state index contributed by atoms with van der Waals surface area (Å²) in [6.45, 7) is 1.48. The van der Waals surface area contributed by atoms with E-state index in [2.05, 4.69) is 5.32 Å². The second-order valence-corrected chi connectivity index (χ2v) is 13.4. The van der Waals surface area contributed by atoms with Gasteiger partial charge in [-0.3, -0.25) is 13.9 Å². The predicted octanol–water partition coefficient (Wildman–Crippen LogP) is 6.03. The number of anilines is 1. The van der Waals surface area contributed by atoms with E-state index in [0.29, 0.717) is 0 Å². The zero-order valence-electron chi connectivity index (χ0n) is 25.3. The van der Waals surface area contributed by atoms with Crippen LogP contribution in [0.25, 0.3) is 0 Å². The molecule has 4 aromatic rings. The van der Waals surface area contributed by atoms with Crippen LogP contribution in [0.1, 0.15) is 42.4 Å². The van der Waals surface area contributed by atoms with Gasteiger partial charge in [0.25, 0.3) is 10.0 Å². The van der Waals surface area contributed by atoms with Crippen LogP contribution in [0.3, 0.4) is 0 Å². The number of amides is 2. The number of aryl methyl sites for hydroxylation is 1. The minimum Gasteiger partial charge on any atom is -0.352 e. The number of nitrogens with zero attached hydrogens (tertiary/aromatic N) is 2. The van der Waals surface area contributed by atoms with Gasteiger partial charge in [-0.25, -0.2) is 12.8 Å². The van der Waals surface area contributed by atoms with Gasteiger partial charge in [0.05, 0.1) is 10.6 Å². The molecule has 9 heteroatoms. The largest absolute Gasteiger partial charge is 0.352 e. The van der Waals surface area contributed by atoms with E-state index in [0.717, 1.165) is 58.8 Å². The fourth-order valence-corrected chi connectivity index (χ4v) is 7.10. The minimum atomic E-state index is -4.23. The second-order valence-electron chi connectivity index (χ2n) is 11.5. The Morgan fingerprint density at radius 3 is 2.04 bits per heavy atom. The van der Waals surface area contributed by atoms with Crippen LogP contribution in [0.15, 0.2) is 114 Å². The zero-order valence-corrected chi connectivity index (χ0v) is 26.1. The Hall–Kier alpha value is -4.50. The standard InChI is InChI=1S/C36H38FN3O4S/c1-27-16-18-29(19-17-27)25-39(34(24-28-10-4-2-5-11-28)36(42)38-31-12-8-9-13-31)35(41)26-40(32-22-20-30(37)21-23-32)45(43,44)33-14-6-3-7-15-33/h2-7,10-11,14-23,31,34H,8-9,12-13,24-26H2,1H3,(H,38,42)/t34-/m0/s1. The minimum absolute atomic E-state index is 0.00739. The normalized spacial score (nSPS) is 14.1. The van der Waals surface area contributed by atoms with Gasteiger partial charge in [0.1, 0.15) is 18.4 Å². The van der Waals surface area contributed by atoms with E-state index in [-0.39, 0.29) is 35.5 Å². The van der Waals surface area contributed by atoms with Crippen molar-refractivity contribution < 1.29 is 22.4 Å². The van der Waals surface area contributed by atoms with Gasteiger partial charge in [-0.2, -0.15) is 0 Å². The van der Waals surface area contributed by atoms with Crippen molar-refractivity contribution in [3.05, 3.63) is 132 Å².